The monoisotopic (exact) mass is 1390 g/mol. The number of aliphatic hydroxyl groups is 6. The molecule has 13 unspecified atom stereocenters. The number of nitrogens with two attached hydrogens (primary N) is 3. The fraction of sp³-hybridized carbons (Fsp3) is 0.662. The lowest BCUT2D eigenvalue weighted by atomic mass is 9.82. The fourth-order valence-corrected chi connectivity index (χ4v) is 12.5. The SMILES string of the molecule is C#CCCCO[C@@H]1OC(C)[C@@H](O[C@@H]2OC(CO)[C@@H](O[C@@H]3OC(C)C(O[C@@H]4OC(CO)[C@@H](O[C@@H]5OC(C)[C@@H](O[C@@H]6OC(CO)[C@@H](C)[C@H](C)C6N)[C@@H](OCc6ccccc6)C5O)CC4N)[C@@H](OCc4ccccc4)C3O)[C@H](C)C2N)[C@@H](OCc2ccccc2)C1O.O=C=O.O=C=O.O=C=O. The Morgan fingerprint density at radius 3 is 1.20 bits per heavy atom. The van der Waals surface area contributed by atoms with E-state index in [1.807, 2.05) is 112 Å². The summed E-state index contributed by atoms with van der Waals surface area (Å²) in [6.45, 7) is 10.2. The number of benzene rings is 3. The molecule has 0 spiro atoms. The standard InChI is InChI=1S/C65H95N3O21.3CO2/c1-8-9-19-26-75-63-50(72)57(76-31-40-20-13-10-14-21-40)55(37(5)79-63)89-62-49(68)36(4)53(47(30-71)85-62)86-65-52(74)59(78-33-42-24-17-12-18-25-42)54(38(6)81-65)87-60-43(66)27-44(46(29-70)84-60)82-64-51(73)58(77-32-41-22-15-11-16-23-41)56(39(7)80-64)88-61-48(67)35(3)34(2)45(28-69)83-61;3*2-1-3/h1,10-18,20-25,34-39,43-65,69-74H,9,19,26-33,66-68H2,2-7H3;;;/t34-,35-,36+,37?,38?,39?,43?,44-,45?,46?,47?,48?,49?,50?,51?,52?,53-,54?,55+,56+,57-,58-,59-,60-,61-,62-,63+,64-,65-;;;/m0.../s1. The average molecular weight is 1390 g/mol. The van der Waals surface area contributed by atoms with Gasteiger partial charge in [-0.3, -0.25) is 0 Å². The van der Waals surface area contributed by atoms with E-state index in [9.17, 15) is 30.6 Å². The van der Waals surface area contributed by atoms with E-state index >= 15 is 0 Å². The molecule has 0 aromatic heterocycles. The smallest absolute Gasteiger partial charge is 0.373 e. The van der Waals surface area contributed by atoms with Crippen molar-refractivity contribution in [3.8, 4) is 12.3 Å². The van der Waals surface area contributed by atoms with Gasteiger partial charge >= 0.3 is 18.5 Å². The quantitative estimate of drug-likeness (QED) is 0.0380. The minimum atomic E-state index is -1.53. The highest BCUT2D eigenvalue weighted by Gasteiger charge is 2.56. The first-order valence-corrected chi connectivity index (χ1v) is 32.5. The minimum Gasteiger partial charge on any atom is -0.394 e. The van der Waals surface area contributed by atoms with Crippen molar-refractivity contribution in [3.05, 3.63) is 108 Å². The summed E-state index contributed by atoms with van der Waals surface area (Å²) in [7, 11) is 0. The molecule has 9 rings (SSSR count). The van der Waals surface area contributed by atoms with E-state index in [0.29, 0.717) is 12.8 Å². The number of aliphatic hydroxyl groups excluding tert-OH is 6. The van der Waals surface area contributed by atoms with Crippen molar-refractivity contribution in [2.45, 2.75) is 240 Å². The molecular formula is C68H95N3O27. The topological polar surface area (TPSA) is 440 Å². The van der Waals surface area contributed by atoms with Gasteiger partial charge in [0.05, 0.1) is 101 Å². The number of carbonyl (C=O) groups excluding carboxylic acids is 6. The van der Waals surface area contributed by atoms with Crippen molar-refractivity contribution in [2.75, 3.05) is 26.4 Å². The Bertz CT molecular complexity index is 2860. The molecule has 0 bridgehead atoms. The maximum Gasteiger partial charge on any atom is 0.373 e. The summed E-state index contributed by atoms with van der Waals surface area (Å²) in [6, 6.07) is 25.9. The predicted molar refractivity (Wildman–Crippen MR) is 333 cm³/mol. The lowest BCUT2D eigenvalue weighted by molar-refractivity contribution is -0.375. The van der Waals surface area contributed by atoms with Gasteiger partial charge in [0.2, 0.25) is 0 Å². The third-order valence-corrected chi connectivity index (χ3v) is 18.2. The zero-order valence-corrected chi connectivity index (χ0v) is 55.5. The van der Waals surface area contributed by atoms with Crippen molar-refractivity contribution in [3.63, 3.8) is 0 Å². The highest BCUT2D eigenvalue weighted by molar-refractivity contribution is 5.21. The molecule has 0 radical (unpaired) electrons. The van der Waals surface area contributed by atoms with Gasteiger partial charge in [0, 0.05) is 12.3 Å². The molecule has 544 valence electrons. The molecule has 30 heteroatoms. The molecule has 6 heterocycles. The lowest BCUT2D eigenvalue weighted by Crippen LogP contribution is -2.66. The summed E-state index contributed by atoms with van der Waals surface area (Å²) in [5.74, 6) is 1.85. The van der Waals surface area contributed by atoms with Crippen molar-refractivity contribution in [1.82, 2.24) is 0 Å². The highest BCUT2D eigenvalue weighted by Crippen LogP contribution is 2.40. The second-order valence-corrected chi connectivity index (χ2v) is 24.7. The lowest BCUT2D eigenvalue weighted by Gasteiger charge is -2.50. The van der Waals surface area contributed by atoms with Crippen LogP contribution in [0.1, 0.15) is 77.5 Å². The van der Waals surface area contributed by atoms with Crippen LogP contribution in [0.5, 0.6) is 0 Å². The Balaban J connectivity index is 0.00000160. The fourth-order valence-electron chi connectivity index (χ4n) is 12.5. The van der Waals surface area contributed by atoms with Crippen LogP contribution in [0.4, 0.5) is 0 Å². The zero-order valence-electron chi connectivity index (χ0n) is 55.5. The Labute approximate surface area is 568 Å². The first-order valence-electron chi connectivity index (χ1n) is 32.5. The predicted octanol–water partition coefficient (Wildman–Crippen LogP) is 0.0971. The molecule has 0 amide bonds. The molecule has 3 aromatic carbocycles. The zero-order chi connectivity index (χ0) is 71.6. The molecule has 30 nitrogen and oxygen atoms in total. The number of unbranched alkanes of at least 4 members (excludes halogenated alkanes) is 1. The first-order chi connectivity index (χ1) is 47.2. The maximum atomic E-state index is 12.4. The Hall–Kier alpha value is -5.60. The number of hydrogen-bond acceptors (Lipinski definition) is 30. The van der Waals surface area contributed by atoms with E-state index < -0.39 is 179 Å². The van der Waals surface area contributed by atoms with Gasteiger partial charge in [0.25, 0.3) is 0 Å². The van der Waals surface area contributed by atoms with Crippen LogP contribution in [0.2, 0.25) is 0 Å². The summed E-state index contributed by atoms with van der Waals surface area (Å²) in [4.78, 5) is 48.8. The average Bonchev–Trinajstić information content (AvgIpc) is 0.801. The van der Waals surface area contributed by atoms with E-state index in [4.69, 9.17) is 123 Å². The van der Waals surface area contributed by atoms with E-state index in [1.54, 1.807) is 20.8 Å². The van der Waals surface area contributed by atoms with Crippen molar-refractivity contribution in [2.24, 2.45) is 35.0 Å². The Morgan fingerprint density at radius 2 is 0.786 bits per heavy atom. The Kier molecular flexibility index (Phi) is 34.3. The first kappa shape index (κ1) is 81.4. The molecule has 0 saturated carbocycles. The van der Waals surface area contributed by atoms with Crippen LogP contribution in [-0.2, 0) is 120 Å². The van der Waals surface area contributed by atoms with E-state index in [0.717, 1.165) is 16.7 Å². The summed E-state index contributed by atoms with van der Waals surface area (Å²) >= 11 is 0. The number of terminal acetylenes is 1. The van der Waals surface area contributed by atoms with Gasteiger partial charge < -0.3 is 119 Å². The van der Waals surface area contributed by atoms with Crippen LogP contribution < -0.4 is 17.2 Å². The number of rotatable bonds is 26. The van der Waals surface area contributed by atoms with Crippen molar-refractivity contribution in [1.29, 1.82) is 0 Å². The molecule has 98 heavy (non-hydrogen) atoms. The summed E-state index contributed by atoms with van der Waals surface area (Å²) < 4.78 is 96.3. The third-order valence-electron chi connectivity index (χ3n) is 18.2. The van der Waals surface area contributed by atoms with E-state index in [-0.39, 0.29) is 69.7 Å². The van der Waals surface area contributed by atoms with Crippen LogP contribution >= 0.6 is 0 Å². The van der Waals surface area contributed by atoms with Crippen molar-refractivity contribution >= 4 is 18.5 Å². The van der Waals surface area contributed by atoms with Gasteiger partial charge in [0.1, 0.15) is 67.1 Å². The van der Waals surface area contributed by atoms with Crippen LogP contribution in [0.25, 0.3) is 0 Å². The molecular weight excluding hydrogens is 1290 g/mol. The Morgan fingerprint density at radius 1 is 0.429 bits per heavy atom. The van der Waals surface area contributed by atoms with E-state index in [2.05, 4.69) is 5.92 Å². The van der Waals surface area contributed by atoms with Gasteiger partial charge in [-0.2, -0.15) is 28.8 Å². The van der Waals surface area contributed by atoms with Crippen LogP contribution in [0.15, 0.2) is 91.0 Å². The molecule has 6 aliphatic heterocycles. The van der Waals surface area contributed by atoms with Gasteiger partial charge in [-0.05, 0) is 62.1 Å². The van der Waals surface area contributed by atoms with Crippen LogP contribution in [0.3, 0.4) is 0 Å². The summed E-state index contributed by atoms with van der Waals surface area (Å²) in [6.07, 6.45) is -17.0. The second-order valence-electron chi connectivity index (χ2n) is 24.7. The van der Waals surface area contributed by atoms with Gasteiger partial charge in [-0.25, -0.2) is 0 Å². The molecule has 3 aromatic rings. The van der Waals surface area contributed by atoms with Gasteiger partial charge in [-0.1, -0.05) is 112 Å². The third kappa shape index (κ3) is 22.0. The minimum absolute atomic E-state index is 0.0412. The van der Waals surface area contributed by atoms with Crippen molar-refractivity contribution < 1.29 is 130 Å². The largest absolute Gasteiger partial charge is 0.394 e. The second kappa shape index (κ2) is 41.4. The molecule has 6 saturated heterocycles. The molecule has 0 aliphatic carbocycles. The van der Waals surface area contributed by atoms with Crippen LogP contribution in [0, 0.1) is 30.1 Å². The maximum absolute atomic E-state index is 12.4. The molecule has 12 N–H and O–H groups in total. The van der Waals surface area contributed by atoms with E-state index in [1.165, 1.54) is 0 Å². The molecule has 6 aliphatic rings. The highest BCUT2D eigenvalue weighted by atomic mass is 16.8. The van der Waals surface area contributed by atoms with Gasteiger partial charge in [-0.15, -0.1) is 12.3 Å². The summed E-state index contributed by atoms with van der Waals surface area (Å²) in [5.41, 5.74) is 23.0. The number of hydrogen-bond donors (Lipinski definition) is 9. The summed E-state index contributed by atoms with van der Waals surface area (Å²) in [5, 5.41) is 68.2. The van der Waals surface area contributed by atoms with Crippen LogP contribution in [-0.4, -0.2) is 235 Å². The molecule has 29 atom stereocenters. The number of ether oxygens (including phenoxy) is 15. The van der Waals surface area contributed by atoms with Gasteiger partial charge in [0.15, 0.2) is 37.7 Å². The normalized spacial score (nSPS) is 38.4. The molecule has 6 fully saturated rings.